The fraction of sp³-hybridized carbons (Fsp3) is 0.625. The Morgan fingerprint density at radius 1 is 0.822 bits per heavy atom. The zero-order valence-electron chi connectivity index (χ0n) is 29.1. The van der Waals surface area contributed by atoms with Crippen molar-refractivity contribution in [3.05, 3.63) is 58.7 Å². The van der Waals surface area contributed by atoms with E-state index >= 15 is 9.59 Å². The minimum Gasteiger partial charge on any atom is -0.461 e. The third kappa shape index (κ3) is 7.32. The second-order valence-corrected chi connectivity index (χ2v) is 15.2. The predicted molar refractivity (Wildman–Crippen MR) is 181 cm³/mol. The molecule has 2 aliphatic carbocycles. The van der Waals surface area contributed by atoms with Gasteiger partial charge < -0.3 is 9.47 Å². The molecule has 5 nitrogen and oxygen atoms in total. The number of benzene rings is 2. The first-order valence-electron chi connectivity index (χ1n) is 17.3. The maximum Gasteiger partial charge on any atom is 0.328 e. The molecule has 6 atom stereocenters. The summed E-state index contributed by atoms with van der Waals surface area (Å²) in [6, 6.07) is 13.8. The van der Waals surface area contributed by atoms with Crippen LogP contribution in [0.4, 0.5) is 0 Å². The molecule has 0 aliphatic heterocycles. The van der Waals surface area contributed by atoms with E-state index in [0.717, 1.165) is 60.4 Å². The van der Waals surface area contributed by atoms with Gasteiger partial charge in [0.2, 0.25) is 0 Å². The van der Waals surface area contributed by atoms with Crippen molar-refractivity contribution < 1.29 is 19.1 Å². The third-order valence-corrected chi connectivity index (χ3v) is 11.0. The molecule has 5 heteroatoms. The SMILES string of the molecule is CC(C)=C(C)CC(C(=O)O[C@@H]1C[C@H](C)CC[C@H]1C(C)C)(C(=O)O[C@@H]1C[C@H](C)CC[C@H]1C(C)C)c1ccc2ccccc2c1C#N. The van der Waals surface area contributed by atoms with Crippen LogP contribution < -0.4 is 0 Å². The van der Waals surface area contributed by atoms with Gasteiger partial charge in [-0.2, -0.15) is 5.26 Å². The average Bonchev–Trinajstić information content (AvgIpc) is 2.98. The lowest BCUT2D eigenvalue weighted by Gasteiger charge is -2.41. The highest BCUT2D eigenvalue weighted by atomic mass is 16.6. The highest BCUT2D eigenvalue weighted by Gasteiger charge is 2.55. The number of fused-ring (bicyclic) bond motifs is 1. The molecule has 0 spiro atoms. The largest absolute Gasteiger partial charge is 0.461 e. The predicted octanol–water partition coefficient (Wildman–Crippen LogP) is 9.70. The van der Waals surface area contributed by atoms with E-state index in [0.29, 0.717) is 34.8 Å². The molecule has 0 bridgehead atoms. The van der Waals surface area contributed by atoms with Crippen LogP contribution in [0.5, 0.6) is 0 Å². The van der Waals surface area contributed by atoms with Gasteiger partial charge in [0.1, 0.15) is 18.3 Å². The number of ether oxygens (including phenoxy) is 2. The molecule has 0 radical (unpaired) electrons. The standard InChI is InChI=1S/C40H55NO4/c1-24(2)29(9)22-40(35-19-16-30-12-10-11-13-33(30)34(35)23-41,38(42)44-36-20-27(7)14-17-31(36)25(3)4)39(43)45-37-21-28(8)15-18-32(37)26(5)6/h10-13,16,19,25-28,31-32,36-37H,14-15,17-18,20-22H2,1-9H3/t27-,28-,31+,32+,36-,37-/m1/s1. The highest BCUT2D eigenvalue weighted by Crippen LogP contribution is 2.44. The van der Waals surface area contributed by atoms with Crippen LogP contribution in [-0.4, -0.2) is 24.1 Å². The highest BCUT2D eigenvalue weighted by molar-refractivity contribution is 6.09. The first-order chi connectivity index (χ1) is 21.3. The van der Waals surface area contributed by atoms with Crippen LogP contribution in [0.1, 0.15) is 118 Å². The molecule has 0 saturated heterocycles. The van der Waals surface area contributed by atoms with Gasteiger partial charge in [0.25, 0.3) is 0 Å². The summed E-state index contributed by atoms with van der Waals surface area (Å²) in [5, 5.41) is 12.3. The van der Waals surface area contributed by atoms with Crippen molar-refractivity contribution in [2.45, 2.75) is 125 Å². The number of rotatable bonds is 9. The summed E-state index contributed by atoms with van der Waals surface area (Å²) in [5.74, 6) is 0.752. The zero-order chi connectivity index (χ0) is 33.1. The minimum absolute atomic E-state index is 0.100. The summed E-state index contributed by atoms with van der Waals surface area (Å²) >= 11 is 0. The van der Waals surface area contributed by atoms with Gasteiger partial charge in [-0.3, -0.25) is 9.59 Å². The molecule has 2 aromatic carbocycles. The second kappa shape index (κ2) is 14.5. The topological polar surface area (TPSA) is 76.4 Å². The number of esters is 2. The van der Waals surface area contributed by atoms with Gasteiger partial charge in [0.15, 0.2) is 5.41 Å². The summed E-state index contributed by atoms with van der Waals surface area (Å²) in [7, 11) is 0. The Morgan fingerprint density at radius 3 is 1.80 bits per heavy atom. The van der Waals surface area contributed by atoms with Gasteiger partial charge in [-0.05, 0) is 105 Å². The van der Waals surface area contributed by atoms with Crippen molar-refractivity contribution in [3.63, 3.8) is 0 Å². The van der Waals surface area contributed by atoms with Crippen molar-refractivity contribution >= 4 is 22.7 Å². The molecule has 0 aromatic heterocycles. The fourth-order valence-electron chi connectivity index (χ4n) is 7.84. The summed E-state index contributed by atoms with van der Waals surface area (Å²) < 4.78 is 13.2. The summed E-state index contributed by atoms with van der Waals surface area (Å²) in [6.07, 6.45) is 5.19. The van der Waals surface area contributed by atoms with E-state index < -0.39 is 17.4 Å². The zero-order valence-corrected chi connectivity index (χ0v) is 29.1. The lowest BCUT2D eigenvalue weighted by molar-refractivity contribution is -0.178. The molecule has 2 aliphatic rings. The molecule has 0 unspecified atom stereocenters. The smallest absolute Gasteiger partial charge is 0.328 e. The van der Waals surface area contributed by atoms with E-state index in [-0.39, 0.29) is 30.5 Å². The second-order valence-electron chi connectivity index (χ2n) is 15.2. The summed E-state index contributed by atoms with van der Waals surface area (Å²) in [6.45, 7) is 19.1. The van der Waals surface area contributed by atoms with Crippen molar-refractivity contribution in [3.8, 4) is 6.07 Å². The van der Waals surface area contributed by atoms with Crippen molar-refractivity contribution in [1.82, 2.24) is 0 Å². The van der Waals surface area contributed by atoms with Gasteiger partial charge in [-0.1, -0.05) is 102 Å². The van der Waals surface area contributed by atoms with Crippen LogP contribution in [0.25, 0.3) is 10.8 Å². The Bertz CT molecular complexity index is 1400. The van der Waals surface area contributed by atoms with Crippen molar-refractivity contribution in [1.29, 1.82) is 5.26 Å². The lowest BCUT2D eigenvalue weighted by atomic mass is 9.71. The summed E-state index contributed by atoms with van der Waals surface area (Å²) in [5.41, 5.74) is 0.835. The van der Waals surface area contributed by atoms with E-state index in [4.69, 9.17) is 9.47 Å². The quantitative estimate of drug-likeness (QED) is 0.160. The van der Waals surface area contributed by atoms with Gasteiger partial charge in [0, 0.05) is 0 Å². The van der Waals surface area contributed by atoms with Crippen molar-refractivity contribution in [2.24, 2.45) is 35.5 Å². The molecular formula is C40H55NO4. The number of carbonyl (C=O) groups excluding carboxylic acids is 2. The van der Waals surface area contributed by atoms with E-state index in [1.54, 1.807) is 6.07 Å². The molecule has 4 rings (SSSR count). The number of hydrogen-bond acceptors (Lipinski definition) is 5. The number of allylic oxidation sites excluding steroid dienone is 2. The van der Waals surface area contributed by atoms with Crippen LogP contribution in [0.15, 0.2) is 47.5 Å². The van der Waals surface area contributed by atoms with E-state index in [2.05, 4.69) is 47.6 Å². The van der Waals surface area contributed by atoms with Crippen LogP contribution >= 0.6 is 0 Å². The molecule has 2 aromatic rings. The monoisotopic (exact) mass is 613 g/mol. The molecule has 2 fully saturated rings. The van der Waals surface area contributed by atoms with Crippen LogP contribution in [0.2, 0.25) is 0 Å². The molecule has 2 saturated carbocycles. The van der Waals surface area contributed by atoms with Gasteiger partial charge in [-0.25, -0.2) is 0 Å². The molecule has 0 amide bonds. The third-order valence-electron chi connectivity index (χ3n) is 11.0. The van der Waals surface area contributed by atoms with Crippen LogP contribution in [0, 0.1) is 46.8 Å². The van der Waals surface area contributed by atoms with E-state index in [1.165, 1.54) is 0 Å². The van der Waals surface area contributed by atoms with E-state index in [1.807, 2.05) is 51.1 Å². The average molecular weight is 614 g/mol. The number of nitriles is 1. The van der Waals surface area contributed by atoms with Gasteiger partial charge >= 0.3 is 11.9 Å². The molecule has 244 valence electrons. The number of hydrogen-bond donors (Lipinski definition) is 0. The first-order valence-corrected chi connectivity index (χ1v) is 17.3. The van der Waals surface area contributed by atoms with Gasteiger partial charge in [-0.15, -0.1) is 0 Å². The van der Waals surface area contributed by atoms with Crippen LogP contribution in [-0.2, 0) is 24.5 Å². The maximum absolute atomic E-state index is 15.1. The Morgan fingerprint density at radius 2 is 1.33 bits per heavy atom. The Labute approximate surface area is 271 Å². The molecule has 0 N–H and O–H groups in total. The fourth-order valence-corrected chi connectivity index (χ4v) is 7.84. The number of carbonyl (C=O) groups is 2. The maximum atomic E-state index is 15.1. The number of nitrogens with zero attached hydrogens (tertiary/aromatic N) is 1. The molecular weight excluding hydrogens is 558 g/mol. The Hall–Kier alpha value is -3.13. The lowest BCUT2D eigenvalue weighted by Crippen LogP contribution is -2.51. The van der Waals surface area contributed by atoms with Crippen LogP contribution in [0.3, 0.4) is 0 Å². The molecule has 45 heavy (non-hydrogen) atoms. The first kappa shape index (κ1) is 34.7. The Balaban J connectivity index is 1.95. The van der Waals surface area contributed by atoms with Gasteiger partial charge in [0.05, 0.1) is 5.56 Å². The van der Waals surface area contributed by atoms with E-state index in [9.17, 15) is 5.26 Å². The molecule has 0 heterocycles. The van der Waals surface area contributed by atoms with Crippen molar-refractivity contribution in [2.75, 3.05) is 0 Å². The normalized spacial score (nSPS) is 25.6. The summed E-state index contributed by atoms with van der Waals surface area (Å²) in [4.78, 5) is 30.2. The minimum atomic E-state index is -1.82. The Kier molecular flexibility index (Phi) is 11.2.